The van der Waals surface area contributed by atoms with Crippen LogP contribution in [0.2, 0.25) is 0 Å². The van der Waals surface area contributed by atoms with Gasteiger partial charge in [-0.05, 0) is 70.9 Å². The number of hydrogen-bond donors (Lipinski definition) is 2. The number of hydrogen-bond acceptors (Lipinski definition) is 4. The predicted molar refractivity (Wildman–Crippen MR) is 212 cm³/mol. The van der Waals surface area contributed by atoms with Crippen molar-refractivity contribution in [2.24, 2.45) is 9.98 Å². The Kier molecular flexibility index (Phi) is 14.0. The molecule has 0 amide bonds. The van der Waals surface area contributed by atoms with Gasteiger partial charge in [0.05, 0.1) is 0 Å². The molecule has 0 aromatic heterocycles. The van der Waals surface area contributed by atoms with Crippen LogP contribution in [0.3, 0.4) is 0 Å². The first-order chi connectivity index (χ1) is 23.2. The van der Waals surface area contributed by atoms with E-state index in [9.17, 15) is 0 Å². The van der Waals surface area contributed by atoms with E-state index in [0.717, 1.165) is 61.3 Å². The molecule has 0 saturated carbocycles. The number of para-hydroxylation sites is 4. The number of nitrogens with one attached hydrogen (secondary N) is 2. The fourth-order valence-corrected chi connectivity index (χ4v) is 6.19. The quantitative estimate of drug-likeness (QED) is 0.0889. The van der Waals surface area contributed by atoms with Gasteiger partial charge >= 0.3 is 0 Å². The highest BCUT2D eigenvalue weighted by molar-refractivity contribution is 5.90. The Labute approximate surface area is 291 Å². The Morgan fingerprint density at radius 1 is 0.438 bits per heavy atom. The number of nitrogens with zero attached hydrogens (tertiary/aromatic N) is 2. The molecule has 0 aliphatic carbocycles. The zero-order chi connectivity index (χ0) is 34.5. The molecule has 4 rings (SSSR count). The van der Waals surface area contributed by atoms with Crippen molar-refractivity contribution in [3.05, 3.63) is 118 Å². The van der Waals surface area contributed by atoms with Crippen molar-refractivity contribution in [1.82, 2.24) is 0 Å². The lowest BCUT2D eigenvalue weighted by atomic mass is 9.92. The summed E-state index contributed by atoms with van der Waals surface area (Å²) in [5, 5.41) is 7.57. The van der Waals surface area contributed by atoms with Crippen LogP contribution in [0.4, 0.5) is 22.7 Å². The van der Waals surface area contributed by atoms with Crippen LogP contribution in [-0.4, -0.2) is 25.5 Å². The maximum atomic E-state index is 4.81. The fraction of sp³-hybridized carbons (Fsp3) is 0.409. The van der Waals surface area contributed by atoms with E-state index in [4.69, 9.17) is 9.98 Å². The van der Waals surface area contributed by atoms with Crippen LogP contribution in [0.1, 0.15) is 138 Å². The largest absolute Gasteiger partial charge is 0.355 e. The standard InChI is InChI=1S/C44H58N4/c1-31(2)37-21-17-22-38(32(3)4)43(37)47-41-25-13-11-19-35(41)29-45-27-15-9-10-16-28-46-30-36-20-12-14-26-42(36)48-44-39(33(5)6)23-18-24-40(44)34(7)8/h11-14,17-26,29-34,47-48H,9-10,15-16,27-28H2,1-8H3. The second-order valence-electron chi connectivity index (χ2n) is 14.2. The maximum Gasteiger partial charge on any atom is 0.0473 e. The molecule has 254 valence electrons. The number of rotatable bonds is 17. The fourth-order valence-electron chi connectivity index (χ4n) is 6.19. The minimum absolute atomic E-state index is 0.446. The SMILES string of the molecule is CC(C)c1cccc(C(C)C)c1Nc1ccccc1C=NCCCCCCN=Cc1ccccc1Nc1c(C(C)C)cccc1C(C)C. The molecule has 0 unspecified atom stereocenters. The van der Waals surface area contributed by atoms with Gasteiger partial charge < -0.3 is 10.6 Å². The molecule has 0 radical (unpaired) electrons. The summed E-state index contributed by atoms with van der Waals surface area (Å²) in [6, 6.07) is 30.3. The second-order valence-corrected chi connectivity index (χ2v) is 14.2. The summed E-state index contributed by atoms with van der Waals surface area (Å²) in [7, 11) is 0. The summed E-state index contributed by atoms with van der Waals surface area (Å²) < 4.78 is 0. The van der Waals surface area contributed by atoms with Crippen molar-refractivity contribution in [1.29, 1.82) is 0 Å². The van der Waals surface area contributed by atoms with E-state index >= 15 is 0 Å². The molecule has 0 atom stereocenters. The number of benzene rings is 4. The van der Waals surface area contributed by atoms with E-state index < -0.39 is 0 Å². The molecule has 0 fully saturated rings. The highest BCUT2D eigenvalue weighted by atomic mass is 14.9. The highest BCUT2D eigenvalue weighted by Crippen LogP contribution is 2.36. The number of unbranched alkanes of at least 4 members (excludes halogenated alkanes) is 3. The number of anilines is 4. The molecule has 2 N–H and O–H groups in total. The molecular formula is C44H58N4. The summed E-state index contributed by atoms with van der Waals surface area (Å²) in [5.74, 6) is 1.78. The minimum atomic E-state index is 0.446. The van der Waals surface area contributed by atoms with Crippen molar-refractivity contribution in [3.8, 4) is 0 Å². The van der Waals surface area contributed by atoms with Crippen molar-refractivity contribution >= 4 is 35.2 Å². The van der Waals surface area contributed by atoms with Gasteiger partial charge in [-0.1, -0.05) is 141 Å². The lowest BCUT2D eigenvalue weighted by Crippen LogP contribution is -2.05. The first-order valence-electron chi connectivity index (χ1n) is 18.1. The predicted octanol–water partition coefficient (Wildman–Crippen LogP) is 12.8. The van der Waals surface area contributed by atoms with Crippen LogP contribution in [0, 0.1) is 0 Å². The third kappa shape index (κ3) is 10.2. The van der Waals surface area contributed by atoms with Crippen LogP contribution in [0.25, 0.3) is 0 Å². The van der Waals surface area contributed by atoms with Crippen molar-refractivity contribution < 1.29 is 0 Å². The van der Waals surface area contributed by atoms with Crippen LogP contribution in [0.15, 0.2) is 94.9 Å². The summed E-state index contributed by atoms with van der Waals surface area (Å²) >= 11 is 0. The zero-order valence-electron chi connectivity index (χ0n) is 30.7. The molecule has 0 heterocycles. The molecule has 4 heteroatoms. The molecular weight excluding hydrogens is 585 g/mol. The van der Waals surface area contributed by atoms with E-state index in [1.807, 2.05) is 12.4 Å². The topological polar surface area (TPSA) is 48.8 Å². The molecule has 48 heavy (non-hydrogen) atoms. The monoisotopic (exact) mass is 642 g/mol. The summed E-state index contributed by atoms with van der Waals surface area (Å²) in [6.07, 6.45) is 8.57. The second kappa shape index (κ2) is 18.4. The Morgan fingerprint density at radius 3 is 1.10 bits per heavy atom. The van der Waals surface area contributed by atoms with Gasteiger partial charge in [-0.2, -0.15) is 0 Å². The average molecular weight is 643 g/mol. The summed E-state index contributed by atoms with van der Waals surface area (Å²) in [5.41, 5.74) is 12.4. The van der Waals surface area contributed by atoms with Gasteiger partial charge in [0.2, 0.25) is 0 Å². The van der Waals surface area contributed by atoms with Gasteiger partial charge in [-0.15, -0.1) is 0 Å². The summed E-state index contributed by atoms with van der Waals surface area (Å²) in [4.78, 5) is 9.62. The van der Waals surface area contributed by atoms with Gasteiger partial charge in [-0.25, -0.2) is 0 Å². The Morgan fingerprint density at radius 2 is 0.771 bits per heavy atom. The Balaban J connectivity index is 1.27. The molecule has 4 aromatic rings. The average Bonchev–Trinajstić information content (AvgIpc) is 3.06. The van der Waals surface area contributed by atoms with Crippen LogP contribution >= 0.6 is 0 Å². The lowest BCUT2D eigenvalue weighted by molar-refractivity contribution is 0.655. The first-order valence-corrected chi connectivity index (χ1v) is 18.1. The van der Waals surface area contributed by atoms with E-state index in [0.29, 0.717) is 23.7 Å². The minimum Gasteiger partial charge on any atom is -0.355 e. The van der Waals surface area contributed by atoms with E-state index in [1.165, 1.54) is 33.6 Å². The van der Waals surface area contributed by atoms with E-state index in [1.54, 1.807) is 0 Å². The van der Waals surface area contributed by atoms with Crippen LogP contribution in [-0.2, 0) is 0 Å². The van der Waals surface area contributed by atoms with Gasteiger partial charge in [0.15, 0.2) is 0 Å². The summed E-state index contributed by atoms with van der Waals surface area (Å²) in [6.45, 7) is 19.8. The normalized spacial score (nSPS) is 12.0. The Bertz CT molecular complexity index is 1470. The van der Waals surface area contributed by atoms with Crippen molar-refractivity contribution in [2.45, 2.75) is 105 Å². The molecule has 0 saturated heterocycles. The van der Waals surface area contributed by atoms with Gasteiger partial charge in [0.25, 0.3) is 0 Å². The van der Waals surface area contributed by atoms with E-state index in [2.05, 4.69) is 151 Å². The smallest absolute Gasteiger partial charge is 0.0473 e. The molecule has 4 aromatic carbocycles. The van der Waals surface area contributed by atoms with Crippen LogP contribution < -0.4 is 10.6 Å². The molecule has 0 aliphatic rings. The lowest BCUT2D eigenvalue weighted by Gasteiger charge is -2.21. The van der Waals surface area contributed by atoms with E-state index in [-0.39, 0.29) is 0 Å². The zero-order valence-corrected chi connectivity index (χ0v) is 30.7. The van der Waals surface area contributed by atoms with Gasteiger partial charge in [0, 0.05) is 59.4 Å². The third-order valence-electron chi connectivity index (χ3n) is 8.97. The Hall–Kier alpha value is -4.18. The van der Waals surface area contributed by atoms with Crippen LogP contribution in [0.5, 0.6) is 0 Å². The number of aliphatic imine (C=N–C) groups is 2. The molecule has 4 nitrogen and oxygen atoms in total. The molecule has 0 bridgehead atoms. The van der Waals surface area contributed by atoms with Gasteiger partial charge in [0.1, 0.15) is 0 Å². The van der Waals surface area contributed by atoms with Gasteiger partial charge in [-0.3, -0.25) is 9.98 Å². The molecule has 0 spiro atoms. The highest BCUT2D eigenvalue weighted by Gasteiger charge is 2.16. The first kappa shape index (κ1) is 36.7. The molecule has 0 aliphatic heterocycles. The van der Waals surface area contributed by atoms with Crippen molar-refractivity contribution in [3.63, 3.8) is 0 Å². The maximum absolute atomic E-state index is 4.81. The van der Waals surface area contributed by atoms with Crippen molar-refractivity contribution in [2.75, 3.05) is 23.7 Å². The third-order valence-corrected chi connectivity index (χ3v) is 8.97.